The molecular weight excluding hydrogens is 378 g/mol. The lowest BCUT2D eigenvalue weighted by Crippen LogP contribution is -2.52. The molecule has 0 aromatic heterocycles. The van der Waals surface area contributed by atoms with E-state index in [9.17, 15) is 5.11 Å². The van der Waals surface area contributed by atoms with Crippen LogP contribution in [0.4, 0.5) is 0 Å². The summed E-state index contributed by atoms with van der Waals surface area (Å²) in [5.41, 5.74) is 6.87. The van der Waals surface area contributed by atoms with E-state index in [0.29, 0.717) is 17.4 Å². The normalized spacial score (nSPS) is 40.6. The summed E-state index contributed by atoms with van der Waals surface area (Å²) in [4.78, 5) is 0. The van der Waals surface area contributed by atoms with Gasteiger partial charge in [-0.25, -0.2) is 0 Å². The maximum Gasteiger partial charge on any atom is 0.0436 e. The van der Waals surface area contributed by atoms with E-state index in [4.69, 9.17) is 5.73 Å². The van der Waals surface area contributed by atoms with Crippen molar-refractivity contribution in [3.8, 4) is 0 Å². The Morgan fingerprint density at radius 1 is 0.935 bits per heavy atom. The van der Waals surface area contributed by atoms with Crippen LogP contribution in [-0.4, -0.2) is 18.3 Å². The molecule has 0 heterocycles. The lowest BCUT2D eigenvalue weighted by atomic mass is 9.45. The first-order valence-corrected chi connectivity index (χ1v) is 14.1. The summed E-state index contributed by atoms with van der Waals surface area (Å²) in [5, 5.41) is 9.90. The van der Waals surface area contributed by atoms with E-state index in [-0.39, 0.29) is 0 Å². The van der Waals surface area contributed by atoms with Gasteiger partial charge in [-0.1, -0.05) is 67.7 Å². The summed E-state index contributed by atoms with van der Waals surface area (Å²) < 4.78 is 0. The molecule has 3 aliphatic carbocycles. The average molecular weight is 436 g/mol. The van der Waals surface area contributed by atoms with Gasteiger partial charge < -0.3 is 10.8 Å². The van der Waals surface area contributed by atoms with Crippen molar-refractivity contribution in [2.24, 2.45) is 58.0 Å². The Kier molecular flexibility index (Phi) is 10.4. The van der Waals surface area contributed by atoms with Crippen LogP contribution in [0, 0.1) is 52.3 Å². The lowest BCUT2D eigenvalue weighted by Gasteiger charge is -2.59. The van der Waals surface area contributed by atoms with Crippen molar-refractivity contribution in [3.05, 3.63) is 0 Å². The van der Waals surface area contributed by atoms with Crippen molar-refractivity contribution in [2.45, 2.75) is 119 Å². The largest absolute Gasteiger partial charge is 0.396 e. The monoisotopic (exact) mass is 435 g/mol. The maximum atomic E-state index is 9.90. The van der Waals surface area contributed by atoms with E-state index < -0.39 is 0 Å². The molecular formula is C29H57NO. The number of fused-ring (bicyclic) bond motifs is 3. The van der Waals surface area contributed by atoms with Crippen LogP contribution in [0.15, 0.2) is 0 Å². The van der Waals surface area contributed by atoms with Crippen LogP contribution in [0.3, 0.4) is 0 Å². The summed E-state index contributed by atoms with van der Waals surface area (Å²) in [7, 11) is 0. The van der Waals surface area contributed by atoms with Crippen LogP contribution >= 0.6 is 0 Å². The number of rotatable bonds is 9. The Morgan fingerprint density at radius 2 is 1.65 bits per heavy atom. The molecule has 0 aromatic rings. The third-order valence-electron chi connectivity index (χ3n) is 10.4. The minimum atomic E-state index is 0.305. The topological polar surface area (TPSA) is 46.2 Å². The fourth-order valence-corrected chi connectivity index (χ4v) is 8.87. The maximum absolute atomic E-state index is 9.90. The second-order valence-corrected chi connectivity index (χ2v) is 12.2. The molecule has 0 saturated heterocycles. The van der Waals surface area contributed by atoms with Crippen molar-refractivity contribution in [1.82, 2.24) is 0 Å². The van der Waals surface area contributed by atoms with Gasteiger partial charge in [0.1, 0.15) is 0 Å². The van der Waals surface area contributed by atoms with Gasteiger partial charge in [0.05, 0.1) is 0 Å². The highest BCUT2D eigenvalue weighted by molar-refractivity contribution is 5.08. The summed E-state index contributed by atoms with van der Waals surface area (Å²) >= 11 is 0. The summed E-state index contributed by atoms with van der Waals surface area (Å²) in [5.74, 6) is 6.02. The Labute approximate surface area is 195 Å². The number of hydrogen-bond donors (Lipinski definition) is 2. The molecule has 0 aromatic carbocycles. The highest BCUT2D eigenvalue weighted by atomic mass is 16.3. The molecule has 4 unspecified atom stereocenters. The molecule has 0 spiro atoms. The van der Waals surface area contributed by atoms with Crippen molar-refractivity contribution in [3.63, 3.8) is 0 Å². The van der Waals surface area contributed by atoms with E-state index in [2.05, 4.69) is 34.6 Å². The van der Waals surface area contributed by atoms with Crippen LogP contribution in [0.2, 0.25) is 0 Å². The van der Waals surface area contributed by atoms with Gasteiger partial charge in [-0.3, -0.25) is 0 Å². The predicted molar refractivity (Wildman–Crippen MR) is 136 cm³/mol. The van der Waals surface area contributed by atoms with E-state index in [1.54, 1.807) is 0 Å². The minimum absolute atomic E-state index is 0.305. The van der Waals surface area contributed by atoms with E-state index >= 15 is 0 Å². The van der Waals surface area contributed by atoms with Gasteiger partial charge in [-0.05, 0) is 110 Å². The zero-order chi connectivity index (χ0) is 23.2. The number of aliphatic hydroxyl groups is 1. The second-order valence-electron chi connectivity index (χ2n) is 12.2. The second kappa shape index (κ2) is 11.9. The van der Waals surface area contributed by atoms with E-state index in [1.807, 2.05) is 13.8 Å². The highest BCUT2D eigenvalue weighted by Gasteiger charge is 2.59. The third kappa shape index (κ3) is 5.53. The van der Waals surface area contributed by atoms with Gasteiger partial charge in [-0.15, -0.1) is 0 Å². The quantitative estimate of drug-likeness (QED) is 0.390. The van der Waals surface area contributed by atoms with E-state index in [1.165, 1.54) is 57.8 Å². The molecule has 0 radical (unpaired) electrons. The zero-order valence-corrected chi connectivity index (χ0v) is 22.3. The molecule has 31 heavy (non-hydrogen) atoms. The van der Waals surface area contributed by atoms with Gasteiger partial charge in [-0.2, -0.15) is 0 Å². The first kappa shape index (κ1) is 27.2. The zero-order valence-electron chi connectivity index (χ0n) is 22.3. The number of aliphatic hydroxyl groups excluding tert-OH is 1. The van der Waals surface area contributed by atoms with Crippen molar-refractivity contribution in [2.75, 3.05) is 13.2 Å². The molecule has 3 fully saturated rings. The van der Waals surface area contributed by atoms with Crippen LogP contribution < -0.4 is 5.73 Å². The Bertz CT molecular complexity index is 519. The Balaban J connectivity index is 0.00000166. The van der Waals surface area contributed by atoms with Crippen LogP contribution in [0.25, 0.3) is 0 Å². The smallest absolute Gasteiger partial charge is 0.0436 e. The fourth-order valence-electron chi connectivity index (χ4n) is 8.87. The van der Waals surface area contributed by atoms with Crippen LogP contribution in [0.1, 0.15) is 119 Å². The fraction of sp³-hybridized carbons (Fsp3) is 1.00. The number of hydrogen-bond acceptors (Lipinski definition) is 2. The average Bonchev–Trinajstić information content (AvgIpc) is 3.09. The van der Waals surface area contributed by atoms with Gasteiger partial charge in [0.2, 0.25) is 0 Å². The van der Waals surface area contributed by atoms with E-state index in [0.717, 1.165) is 60.8 Å². The molecule has 3 aliphatic rings. The minimum Gasteiger partial charge on any atom is -0.396 e. The molecule has 184 valence electrons. The molecule has 2 nitrogen and oxygen atoms in total. The molecule has 3 rings (SSSR count). The van der Waals surface area contributed by atoms with Gasteiger partial charge in [0.15, 0.2) is 0 Å². The third-order valence-corrected chi connectivity index (χ3v) is 10.4. The van der Waals surface area contributed by atoms with Gasteiger partial charge >= 0.3 is 0 Å². The summed E-state index contributed by atoms with van der Waals surface area (Å²) in [6.07, 6.45) is 14.9. The molecule has 0 aliphatic heterocycles. The van der Waals surface area contributed by atoms with Gasteiger partial charge in [0.25, 0.3) is 0 Å². The van der Waals surface area contributed by atoms with Crippen LogP contribution in [-0.2, 0) is 0 Å². The Morgan fingerprint density at radius 3 is 2.26 bits per heavy atom. The summed E-state index contributed by atoms with van der Waals surface area (Å²) in [6.45, 7) is 17.6. The molecule has 0 amide bonds. The van der Waals surface area contributed by atoms with Crippen molar-refractivity contribution < 1.29 is 5.11 Å². The molecule has 3 saturated carbocycles. The predicted octanol–water partition coefficient (Wildman–Crippen LogP) is 7.68. The first-order valence-electron chi connectivity index (χ1n) is 14.1. The first-order chi connectivity index (χ1) is 14.8. The number of nitrogens with two attached hydrogens (primary N) is 1. The molecule has 0 bridgehead atoms. The standard InChI is InChI=1S/C27H51NO.C2H6/c1-19(2)7-6-8-20(3)23-11-12-24-22-10-9-21(14-17-28)26(4,16-18-29)25(22)13-15-27(23,24)5;1-2/h19-25,29H,6-18,28H2,1-5H3;1-2H3/t20-,21+,22?,23?,24?,25?,26+,27-;/m1./s1. The molecule has 8 atom stereocenters. The molecule has 2 heteroatoms. The molecule has 3 N–H and O–H groups in total. The Hall–Kier alpha value is -0.0800. The SMILES string of the molecule is CC.CC(C)CCC[C@@H](C)C1CCC2C3CC[C@@H](CCN)[C@](C)(CCO)C3CC[C@@]21C. The lowest BCUT2D eigenvalue weighted by molar-refractivity contribution is -0.109. The van der Waals surface area contributed by atoms with Crippen molar-refractivity contribution >= 4 is 0 Å². The van der Waals surface area contributed by atoms with Crippen LogP contribution in [0.5, 0.6) is 0 Å². The van der Waals surface area contributed by atoms with Gasteiger partial charge in [0, 0.05) is 6.61 Å². The highest BCUT2D eigenvalue weighted by Crippen LogP contribution is 2.67. The summed E-state index contributed by atoms with van der Waals surface area (Å²) in [6, 6.07) is 0. The van der Waals surface area contributed by atoms with Crippen molar-refractivity contribution in [1.29, 1.82) is 0 Å².